The van der Waals surface area contributed by atoms with Crippen LogP contribution in [-0.2, 0) is 20.9 Å². The molecular weight excluding hydrogens is 316 g/mol. The molecule has 2 aliphatic rings. The maximum absolute atomic E-state index is 12.5. The average Bonchev–Trinajstić information content (AvgIpc) is 2.67. The molecule has 1 N–H and O–H groups in total. The lowest BCUT2D eigenvalue weighted by molar-refractivity contribution is -0.142. The summed E-state index contributed by atoms with van der Waals surface area (Å²) in [7, 11) is 0. The predicted molar refractivity (Wildman–Crippen MR) is 95.9 cm³/mol. The Kier molecular flexibility index (Phi) is 6.08. The van der Waals surface area contributed by atoms with Crippen LogP contribution in [0.3, 0.4) is 0 Å². The standard InChI is InChI=1S/C20H28N2O3/c1-15-2-4-16(5-3-15)14-21-19(23)17-6-8-18(9-7-17)20(24)22-10-12-25-13-11-22/h2-5,17-18H,6-14H2,1H3,(H,21,23). The van der Waals surface area contributed by atoms with E-state index < -0.39 is 0 Å². The number of nitrogens with zero attached hydrogens (tertiary/aromatic N) is 1. The van der Waals surface area contributed by atoms with Gasteiger partial charge in [-0.3, -0.25) is 9.59 Å². The van der Waals surface area contributed by atoms with E-state index in [1.807, 2.05) is 17.0 Å². The molecule has 25 heavy (non-hydrogen) atoms. The van der Waals surface area contributed by atoms with Crippen molar-refractivity contribution in [1.29, 1.82) is 0 Å². The minimum absolute atomic E-state index is 0.0409. The van der Waals surface area contributed by atoms with Crippen LogP contribution in [0.25, 0.3) is 0 Å². The summed E-state index contributed by atoms with van der Waals surface area (Å²) in [4.78, 5) is 26.9. The molecule has 136 valence electrons. The van der Waals surface area contributed by atoms with Gasteiger partial charge in [-0.2, -0.15) is 0 Å². The third-order valence-corrected chi connectivity index (χ3v) is 5.36. The lowest BCUT2D eigenvalue weighted by Gasteiger charge is -2.33. The average molecular weight is 344 g/mol. The maximum Gasteiger partial charge on any atom is 0.225 e. The van der Waals surface area contributed by atoms with Crippen LogP contribution in [0.5, 0.6) is 0 Å². The molecule has 1 aromatic carbocycles. The number of rotatable bonds is 4. The molecular formula is C20H28N2O3. The Hall–Kier alpha value is -1.88. The number of ether oxygens (including phenoxy) is 1. The smallest absolute Gasteiger partial charge is 0.225 e. The Balaban J connectivity index is 1.42. The second-order valence-electron chi connectivity index (χ2n) is 7.19. The van der Waals surface area contributed by atoms with Crippen LogP contribution in [0.1, 0.15) is 36.8 Å². The number of hydrogen-bond acceptors (Lipinski definition) is 3. The van der Waals surface area contributed by atoms with Crippen molar-refractivity contribution in [2.45, 2.75) is 39.2 Å². The highest BCUT2D eigenvalue weighted by Gasteiger charge is 2.32. The van der Waals surface area contributed by atoms with E-state index in [0.717, 1.165) is 31.2 Å². The van der Waals surface area contributed by atoms with Crippen LogP contribution in [0.15, 0.2) is 24.3 Å². The minimum Gasteiger partial charge on any atom is -0.378 e. The summed E-state index contributed by atoms with van der Waals surface area (Å²) < 4.78 is 5.31. The number of carbonyl (C=O) groups is 2. The van der Waals surface area contributed by atoms with E-state index >= 15 is 0 Å². The number of benzene rings is 1. The van der Waals surface area contributed by atoms with Crippen molar-refractivity contribution < 1.29 is 14.3 Å². The molecule has 2 fully saturated rings. The van der Waals surface area contributed by atoms with Crippen molar-refractivity contribution in [3.05, 3.63) is 35.4 Å². The Morgan fingerprint density at radius 1 is 1.04 bits per heavy atom. The molecule has 5 heteroatoms. The zero-order valence-electron chi connectivity index (χ0n) is 15.0. The number of morpholine rings is 1. The van der Waals surface area contributed by atoms with Crippen molar-refractivity contribution in [3.8, 4) is 0 Å². The molecule has 1 aliphatic heterocycles. The number of nitrogens with one attached hydrogen (secondary N) is 1. The van der Waals surface area contributed by atoms with Crippen LogP contribution in [0, 0.1) is 18.8 Å². The van der Waals surface area contributed by atoms with Crippen molar-refractivity contribution >= 4 is 11.8 Å². The first-order chi connectivity index (χ1) is 12.1. The number of hydrogen-bond donors (Lipinski definition) is 1. The third-order valence-electron chi connectivity index (χ3n) is 5.36. The van der Waals surface area contributed by atoms with Gasteiger partial charge >= 0.3 is 0 Å². The second kappa shape index (κ2) is 8.48. The molecule has 0 aromatic heterocycles. The van der Waals surface area contributed by atoms with Crippen LogP contribution in [0.2, 0.25) is 0 Å². The molecule has 0 bridgehead atoms. The molecule has 0 spiro atoms. The fourth-order valence-corrected chi connectivity index (χ4v) is 3.68. The Morgan fingerprint density at radius 2 is 1.64 bits per heavy atom. The van der Waals surface area contributed by atoms with Crippen LogP contribution in [0.4, 0.5) is 0 Å². The molecule has 0 radical (unpaired) electrons. The zero-order chi connectivity index (χ0) is 17.6. The fraction of sp³-hybridized carbons (Fsp3) is 0.600. The molecule has 3 rings (SSSR count). The van der Waals surface area contributed by atoms with Gasteiger partial charge in [-0.25, -0.2) is 0 Å². The van der Waals surface area contributed by atoms with Crippen LogP contribution >= 0.6 is 0 Å². The van der Waals surface area contributed by atoms with Gasteiger partial charge < -0.3 is 15.0 Å². The number of aryl methyl sites for hydroxylation is 1. The highest BCUT2D eigenvalue weighted by Crippen LogP contribution is 2.30. The summed E-state index contributed by atoms with van der Waals surface area (Å²) in [6.07, 6.45) is 3.25. The number of amides is 2. The lowest BCUT2D eigenvalue weighted by atomic mass is 9.81. The van der Waals surface area contributed by atoms with Gasteiger partial charge in [0.2, 0.25) is 11.8 Å². The minimum atomic E-state index is 0.0409. The van der Waals surface area contributed by atoms with E-state index in [1.54, 1.807) is 0 Å². The van der Waals surface area contributed by atoms with E-state index in [4.69, 9.17) is 4.74 Å². The second-order valence-corrected chi connectivity index (χ2v) is 7.19. The quantitative estimate of drug-likeness (QED) is 0.912. The molecule has 1 saturated carbocycles. The summed E-state index contributed by atoms with van der Waals surface area (Å²) in [5.41, 5.74) is 2.34. The first-order valence-electron chi connectivity index (χ1n) is 9.33. The number of carbonyl (C=O) groups excluding carboxylic acids is 2. The molecule has 1 aliphatic carbocycles. The molecule has 1 saturated heterocycles. The SMILES string of the molecule is Cc1ccc(CNC(=O)C2CCC(C(=O)N3CCOCC3)CC2)cc1. The molecule has 1 aromatic rings. The van der Waals surface area contributed by atoms with Gasteiger partial charge in [0.05, 0.1) is 13.2 Å². The van der Waals surface area contributed by atoms with Gasteiger partial charge in [0.1, 0.15) is 0 Å². The molecule has 0 atom stereocenters. The fourth-order valence-electron chi connectivity index (χ4n) is 3.68. The summed E-state index contributed by atoms with van der Waals surface area (Å²) in [6, 6.07) is 8.22. The van der Waals surface area contributed by atoms with Gasteiger partial charge in [-0.15, -0.1) is 0 Å². The summed E-state index contributed by atoms with van der Waals surface area (Å²) in [5, 5.41) is 3.04. The monoisotopic (exact) mass is 344 g/mol. The zero-order valence-corrected chi connectivity index (χ0v) is 15.0. The summed E-state index contributed by atoms with van der Waals surface area (Å²) in [5.74, 6) is 0.498. The molecule has 2 amide bonds. The highest BCUT2D eigenvalue weighted by atomic mass is 16.5. The van der Waals surface area contributed by atoms with Crippen LogP contribution in [-0.4, -0.2) is 43.0 Å². The summed E-state index contributed by atoms with van der Waals surface area (Å²) >= 11 is 0. The van der Waals surface area contributed by atoms with Crippen molar-refractivity contribution in [3.63, 3.8) is 0 Å². The predicted octanol–water partition coefficient (Wildman–Crippen LogP) is 2.28. The highest BCUT2D eigenvalue weighted by molar-refractivity contribution is 5.81. The van der Waals surface area contributed by atoms with Gasteiger partial charge in [0.15, 0.2) is 0 Å². The first kappa shape index (κ1) is 17.9. The Labute approximate surface area is 149 Å². The van der Waals surface area contributed by atoms with E-state index in [-0.39, 0.29) is 23.7 Å². The van der Waals surface area contributed by atoms with Crippen molar-refractivity contribution in [2.24, 2.45) is 11.8 Å². The van der Waals surface area contributed by atoms with Crippen molar-refractivity contribution in [2.75, 3.05) is 26.3 Å². The van der Waals surface area contributed by atoms with Gasteiger partial charge in [0.25, 0.3) is 0 Å². The Bertz CT molecular complexity index is 585. The molecule has 1 heterocycles. The maximum atomic E-state index is 12.5. The third kappa shape index (κ3) is 4.82. The van der Waals surface area contributed by atoms with Gasteiger partial charge in [-0.05, 0) is 38.2 Å². The van der Waals surface area contributed by atoms with Crippen LogP contribution < -0.4 is 5.32 Å². The lowest BCUT2D eigenvalue weighted by Crippen LogP contribution is -2.45. The summed E-state index contributed by atoms with van der Waals surface area (Å²) in [6.45, 7) is 5.32. The van der Waals surface area contributed by atoms with E-state index in [2.05, 4.69) is 24.4 Å². The van der Waals surface area contributed by atoms with Gasteiger partial charge in [0, 0.05) is 31.5 Å². The Morgan fingerprint density at radius 3 is 2.28 bits per heavy atom. The van der Waals surface area contributed by atoms with E-state index in [1.165, 1.54) is 5.56 Å². The largest absolute Gasteiger partial charge is 0.378 e. The molecule has 0 unspecified atom stereocenters. The van der Waals surface area contributed by atoms with E-state index in [0.29, 0.717) is 32.8 Å². The topological polar surface area (TPSA) is 58.6 Å². The van der Waals surface area contributed by atoms with Crippen molar-refractivity contribution in [1.82, 2.24) is 10.2 Å². The molecule has 5 nitrogen and oxygen atoms in total. The normalized spacial score (nSPS) is 24.0. The van der Waals surface area contributed by atoms with E-state index in [9.17, 15) is 9.59 Å². The first-order valence-corrected chi connectivity index (χ1v) is 9.33. The van der Waals surface area contributed by atoms with Gasteiger partial charge in [-0.1, -0.05) is 29.8 Å².